The van der Waals surface area contributed by atoms with Gasteiger partial charge >= 0.3 is 5.69 Å². The summed E-state index contributed by atoms with van der Waals surface area (Å²) in [6, 6.07) is 15.2. The second kappa shape index (κ2) is 8.18. The first kappa shape index (κ1) is 20.3. The van der Waals surface area contributed by atoms with Crippen LogP contribution in [0, 0.1) is 5.82 Å². The lowest BCUT2D eigenvalue weighted by Crippen LogP contribution is -2.40. The molecule has 0 fully saturated rings. The van der Waals surface area contributed by atoms with Gasteiger partial charge in [-0.1, -0.05) is 47.1 Å². The number of nitrogens with zero attached hydrogens (tertiary/aromatic N) is 4. The summed E-state index contributed by atoms with van der Waals surface area (Å²) in [7, 11) is 0. The highest BCUT2D eigenvalue weighted by atomic mass is 35.5. The Hall–Kier alpha value is -3.56. The molecule has 3 aromatic heterocycles. The Morgan fingerprint density at radius 2 is 1.84 bits per heavy atom. The minimum absolute atomic E-state index is 0.00968. The minimum atomic E-state index is -0.597. The second-order valence-electron chi connectivity index (χ2n) is 7.02. The van der Waals surface area contributed by atoms with Crippen LogP contribution in [0.25, 0.3) is 21.6 Å². The molecule has 0 aliphatic heterocycles. The van der Waals surface area contributed by atoms with E-state index < -0.39 is 11.5 Å². The number of rotatable bonds is 5. The van der Waals surface area contributed by atoms with E-state index in [4.69, 9.17) is 16.1 Å². The van der Waals surface area contributed by atoms with E-state index >= 15 is 0 Å². The fraction of sp³-hybridized carbons (Fsp3) is 0.0909. The highest BCUT2D eigenvalue weighted by Crippen LogP contribution is 2.23. The van der Waals surface area contributed by atoms with Gasteiger partial charge in [0, 0.05) is 5.56 Å². The van der Waals surface area contributed by atoms with Crippen molar-refractivity contribution in [2.45, 2.75) is 13.1 Å². The standard InChI is InChI=1S/C22H14ClFN4O3S/c23-15-7-6-14(10-16(15)24)20-25-18(31-26-20)12-27-17-8-9-32-19(17)21(29)28(22(27)30)11-13-4-2-1-3-5-13/h1-10H,11-12H2. The Balaban J connectivity index is 1.55. The first-order valence-corrected chi connectivity index (χ1v) is 10.8. The van der Waals surface area contributed by atoms with Crippen molar-refractivity contribution in [1.82, 2.24) is 19.3 Å². The normalized spacial score (nSPS) is 11.3. The van der Waals surface area contributed by atoms with Crippen molar-refractivity contribution in [1.29, 1.82) is 0 Å². The summed E-state index contributed by atoms with van der Waals surface area (Å²) in [4.78, 5) is 30.5. The van der Waals surface area contributed by atoms with E-state index in [0.717, 1.165) is 5.56 Å². The van der Waals surface area contributed by atoms with E-state index in [1.165, 1.54) is 32.6 Å². The van der Waals surface area contributed by atoms with Gasteiger partial charge in [-0.25, -0.2) is 9.18 Å². The van der Waals surface area contributed by atoms with Gasteiger partial charge in [0.05, 0.1) is 17.1 Å². The van der Waals surface area contributed by atoms with Gasteiger partial charge in [0.25, 0.3) is 5.56 Å². The van der Waals surface area contributed by atoms with E-state index in [1.807, 2.05) is 30.3 Å². The van der Waals surface area contributed by atoms with Crippen LogP contribution in [-0.2, 0) is 13.1 Å². The van der Waals surface area contributed by atoms with Gasteiger partial charge in [-0.05, 0) is 35.2 Å². The summed E-state index contributed by atoms with van der Waals surface area (Å²) in [6.07, 6.45) is 0. The molecule has 0 N–H and O–H groups in total. The maximum atomic E-state index is 13.8. The van der Waals surface area contributed by atoms with Crippen LogP contribution in [0.2, 0.25) is 5.02 Å². The van der Waals surface area contributed by atoms with E-state index in [0.29, 0.717) is 15.8 Å². The first-order chi connectivity index (χ1) is 15.5. The Labute approximate surface area is 188 Å². The predicted octanol–water partition coefficient (Wildman–Crippen LogP) is 4.16. The van der Waals surface area contributed by atoms with Crippen LogP contribution in [0.15, 0.2) is 74.1 Å². The summed E-state index contributed by atoms with van der Waals surface area (Å²) in [5.41, 5.74) is 0.888. The maximum absolute atomic E-state index is 13.8. The maximum Gasteiger partial charge on any atom is 0.332 e. The van der Waals surface area contributed by atoms with E-state index in [2.05, 4.69) is 10.1 Å². The molecule has 0 aliphatic rings. The van der Waals surface area contributed by atoms with E-state index in [9.17, 15) is 14.0 Å². The van der Waals surface area contributed by atoms with Crippen molar-refractivity contribution in [3.63, 3.8) is 0 Å². The van der Waals surface area contributed by atoms with Crippen molar-refractivity contribution < 1.29 is 8.91 Å². The molecule has 2 aromatic carbocycles. The molecule has 0 unspecified atom stereocenters. The lowest BCUT2D eigenvalue weighted by molar-refractivity contribution is 0.369. The highest BCUT2D eigenvalue weighted by molar-refractivity contribution is 7.17. The molecule has 0 aliphatic carbocycles. The van der Waals surface area contributed by atoms with Gasteiger partial charge in [-0.3, -0.25) is 13.9 Å². The zero-order valence-electron chi connectivity index (χ0n) is 16.4. The van der Waals surface area contributed by atoms with Crippen molar-refractivity contribution in [2.24, 2.45) is 0 Å². The third-order valence-electron chi connectivity index (χ3n) is 4.96. The molecule has 7 nitrogen and oxygen atoms in total. The third-order valence-corrected chi connectivity index (χ3v) is 6.16. The zero-order valence-corrected chi connectivity index (χ0v) is 17.9. The van der Waals surface area contributed by atoms with Gasteiger partial charge in [0.15, 0.2) is 0 Å². The Morgan fingerprint density at radius 1 is 1.03 bits per heavy atom. The first-order valence-electron chi connectivity index (χ1n) is 9.54. The van der Waals surface area contributed by atoms with Gasteiger partial charge in [0.2, 0.25) is 11.7 Å². The zero-order chi connectivity index (χ0) is 22.2. The molecule has 160 valence electrons. The van der Waals surface area contributed by atoms with Crippen LogP contribution in [0.4, 0.5) is 4.39 Å². The molecule has 5 rings (SSSR count). The molecule has 0 saturated heterocycles. The molecule has 3 heterocycles. The fourth-order valence-electron chi connectivity index (χ4n) is 3.40. The summed E-state index contributed by atoms with van der Waals surface area (Å²) >= 11 is 6.99. The number of hydrogen-bond donors (Lipinski definition) is 0. The van der Waals surface area contributed by atoms with Crippen molar-refractivity contribution >= 4 is 33.2 Å². The van der Waals surface area contributed by atoms with Crippen LogP contribution in [0.3, 0.4) is 0 Å². The molecule has 0 atom stereocenters. The number of halogens is 2. The molecule has 0 amide bonds. The number of hydrogen-bond acceptors (Lipinski definition) is 6. The molecule has 0 radical (unpaired) electrons. The topological polar surface area (TPSA) is 82.9 Å². The van der Waals surface area contributed by atoms with Crippen molar-refractivity contribution in [3.8, 4) is 11.4 Å². The Bertz CT molecular complexity index is 1560. The number of benzene rings is 2. The third kappa shape index (κ3) is 3.65. The number of aromatic nitrogens is 4. The minimum Gasteiger partial charge on any atom is -0.337 e. The lowest BCUT2D eigenvalue weighted by atomic mass is 10.2. The average Bonchev–Trinajstić information content (AvgIpc) is 3.47. The molecular weight excluding hydrogens is 455 g/mol. The van der Waals surface area contributed by atoms with Gasteiger partial charge in [-0.15, -0.1) is 11.3 Å². The molecular formula is C22H14ClFN4O3S. The highest BCUT2D eigenvalue weighted by Gasteiger charge is 2.18. The quantitative estimate of drug-likeness (QED) is 0.386. The summed E-state index contributed by atoms with van der Waals surface area (Å²) in [6.45, 7) is 0.107. The van der Waals surface area contributed by atoms with Crippen LogP contribution >= 0.6 is 22.9 Å². The molecule has 10 heteroatoms. The summed E-state index contributed by atoms with van der Waals surface area (Å²) < 4.78 is 22.2. The van der Waals surface area contributed by atoms with Crippen molar-refractivity contribution in [3.05, 3.63) is 103 Å². The van der Waals surface area contributed by atoms with Crippen LogP contribution in [0.5, 0.6) is 0 Å². The van der Waals surface area contributed by atoms with E-state index in [1.54, 1.807) is 17.5 Å². The average molecular weight is 469 g/mol. The fourth-order valence-corrected chi connectivity index (χ4v) is 4.36. The Kier molecular flexibility index (Phi) is 5.20. The van der Waals surface area contributed by atoms with Crippen LogP contribution in [-0.4, -0.2) is 19.3 Å². The van der Waals surface area contributed by atoms with Gasteiger partial charge in [0.1, 0.15) is 17.1 Å². The van der Waals surface area contributed by atoms with Crippen LogP contribution < -0.4 is 11.2 Å². The SMILES string of the molecule is O=c1c2sccc2n(Cc2nc(-c3ccc(Cl)c(F)c3)no2)c(=O)n1Cc1ccccc1. The lowest BCUT2D eigenvalue weighted by Gasteiger charge is -2.10. The summed E-state index contributed by atoms with van der Waals surface area (Å²) in [5.74, 6) is -0.280. The molecule has 5 aromatic rings. The molecule has 0 spiro atoms. The molecule has 0 saturated carbocycles. The second-order valence-corrected chi connectivity index (χ2v) is 8.34. The monoisotopic (exact) mass is 468 g/mol. The molecule has 32 heavy (non-hydrogen) atoms. The number of fused-ring (bicyclic) bond motifs is 1. The summed E-state index contributed by atoms with van der Waals surface area (Å²) in [5, 5.41) is 5.63. The molecule has 0 bridgehead atoms. The predicted molar refractivity (Wildman–Crippen MR) is 120 cm³/mol. The van der Waals surface area contributed by atoms with Gasteiger partial charge in [-0.2, -0.15) is 4.98 Å². The van der Waals surface area contributed by atoms with E-state index in [-0.39, 0.29) is 35.4 Å². The Morgan fingerprint density at radius 3 is 2.62 bits per heavy atom. The van der Waals surface area contributed by atoms with Gasteiger partial charge < -0.3 is 4.52 Å². The number of thiophene rings is 1. The van der Waals surface area contributed by atoms with Crippen LogP contribution in [0.1, 0.15) is 11.5 Å². The largest absolute Gasteiger partial charge is 0.337 e. The van der Waals surface area contributed by atoms with Crippen molar-refractivity contribution in [2.75, 3.05) is 0 Å². The smallest absolute Gasteiger partial charge is 0.332 e.